The van der Waals surface area contributed by atoms with E-state index in [9.17, 15) is 4.79 Å². The molecule has 0 saturated heterocycles. The second kappa shape index (κ2) is 3.10. The van der Waals surface area contributed by atoms with Crippen LogP contribution in [0.15, 0.2) is 18.7 Å². The molecule has 0 fully saturated rings. The molecule has 10 heavy (non-hydrogen) atoms. The van der Waals surface area contributed by atoms with Crippen LogP contribution in [0.4, 0.5) is 0 Å². The summed E-state index contributed by atoms with van der Waals surface area (Å²) in [5.74, 6) is -0.138. The third kappa shape index (κ3) is 1.40. The fraction of sp³-hybridized carbons (Fsp3) is 0.167. The van der Waals surface area contributed by atoms with Gasteiger partial charge in [0, 0.05) is 12.4 Å². The van der Waals surface area contributed by atoms with E-state index in [1.807, 2.05) is 0 Å². The van der Waals surface area contributed by atoms with Crippen molar-refractivity contribution in [3.05, 3.63) is 24.3 Å². The topological polar surface area (TPSA) is 42.9 Å². The van der Waals surface area contributed by atoms with Crippen LogP contribution in [0.3, 0.4) is 0 Å². The lowest BCUT2D eigenvalue weighted by atomic mass is 9.98. The van der Waals surface area contributed by atoms with Gasteiger partial charge in [-0.15, -0.1) is 0 Å². The number of hydrogen-bond donors (Lipinski definition) is 0. The number of rotatable bonds is 2. The molecule has 1 heterocycles. The van der Waals surface area contributed by atoms with Crippen LogP contribution in [-0.2, 0) is 0 Å². The lowest BCUT2D eigenvalue weighted by Gasteiger charge is -1.92. The minimum Gasteiger partial charge on any atom is -0.295 e. The SMILES string of the molecule is [B]CC(=O)c1cncnc1. The van der Waals surface area contributed by atoms with Gasteiger partial charge in [0.2, 0.25) is 0 Å². The van der Waals surface area contributed by atoms with Gasteiger partial charge >= 0.3 is 0 Å². The summed E-state index contributed by atoms with van der Waals surface area (Å²) in [4.78, 5) is 18.1. The van der Waals surface area contributed by atoms with Gasteiger partial charge in [-0.1, -0.05) is 0 Å². The maximum Gasteiger partial charge on any atom is 0.157 e. The van der Waals surface area contributed by atoms with Gasteiger partial charge in [-0.3, -0.25) is 4.79 Å². The molecule has 0 aromatic carbocycles. The average molecular weight is 132 g/mol. The number of Topliss-reactive ketones (excluding diaryl/α,β-unsaturated/α-hetero) is 1. The highest BCUT2D eigenvalue weighted by atomic mass is 16.1. The molecule has 4 heteroatoms. The summed E-state index contributed by atoms with van der Waals surface area (Å²) < 4.78 is 0. The number of carbonyl (C=O) groups is 1. The van der Waals surface area contributed by atoms with E-state index < -0.39 is 0 Å². The Morgan fingerprint density at radius 2 is 2.10 bits per heavy atom. The van der Waals surface area contributed by atoms with Crippen molar-refractivity contribution in [3.63, 3.8) is 0 Å². The molecule has 0 aliphatic rings. The number of nitrogens with zero attached hydrogens (tertiary/aromatic N) is 2. The van der Waals surface area contributed by atoms with Crippen molar-refractivity contribution < 1.29 is 4.79 Å². The van der Waals surface area contributed by atoms with Crippen LogP contribution in [-0.4, -0.2) is 23.6 Å². The Bertz CT molecular complexity index is 224. The Balaban J connectivity index is 2.85. The van der Waals surface area contributed by atoms with Crippen molar-refractivity contribution in [3.8, 4) is 0 Å². The Hall–Kier alpha value is -1.19. The molecule has 48 valence electrons. The molecule has 1 rings (SSSR count). The molecule has 0 atom stereocenters. The van der Waals surface area contributed by atoms with E-state index >= 15 is 0 Å². The molecule has 0 aliphatic carbocycles. The van der Waals surface area contributed by atoms with E-state index in [0.29, 0.717) is 5.56 Å². The summed E-state index contributed by atoms with van der Waals surface area (Å²) in [5, 5.41) is 0. The number of aromatic nitrogens is 2. The zero-order chi connectivity index (χ0) is 7.40. The first-order valence-corrected chi connectivity index (χ1v) is 2.83. The second-order valence-electron chi connectivity index (χ2n) is 1.75. The average Bonchev–Trinajstić information content (AvgIpc) is 2.05. The molecule has 0 spiro atoms. The molecule has 0 N–H and O–H groups in total. The van der Waals surface area contributed by atoms with Gasteiger partial charge in [-0.05, 0) is 6.32 Å². The first kappa shape index (κ1) is 6.93. The van der Waals surface area contributed by atoms with Crippen molar-refractivity contribution in [2.75, 3.05) is 0 Å². The minimum atomic E-state index is -0.138. The lowest BCUT2D eigenvalue weighted by molar-refractivity contribution is 0.101. The molecular formula is C6H5BN2O. The number of carbonyl (C=O) groups excluding carboxylic acids is 1. The maximum absolute atomic E-state index is 10.8. The van der Waals surface area contributed by atoms with E-state index in [0.717, 1.165) is 0 Å². The molecule has 1 aromatic rings. The fourth-order valence-corrected chi connectivity index (χ4v) is 0.561. The second-order valence-corrected chi connectivity index (χ2v) is 1.75. The highest BCUT2D eigenvalue weighted by molar-refractivity contribution is 6.23. The standard InChI is InChI=1S/C6H5BN2O/c7-1-6(10)5-2-8-4-9-3-5/h2-4H,1H2. The number of hydrogen-bond acceptors (Lipinski definition) is 3. The van der Waals surface area contributed by atoms with Crippen molar-refractivity contribution in [2.45, 2.75) is 6.32 Å². The molecule has 0 bridgehead atoms. The highest BCUT2D eigenvalue weighted by Crippen LogP contribution is 1.96. The van der Waals surface area contributed by atoms with Gasteiger partial charge in [-0.25, -0.2) is 9.97 Å². The van der Waals surface area contributed by atoms with Crippen LogP contribution < -0.4 is 0 Å². The number of ketones is 1. The predicted molar refractivity (Wildman–Crippen MR) is 36.9 cm³/mol. The highest BCUT2D eigenvalue weighted by Gasteiger charge is 2.00. The van der Waals surface area contributed by atoms with Gasteiger partial charge in [0.25, 0.3) is 0 Å². The summed E-state index contributed by atoms with van der Waals surface area (Å²) in [6.45, 7) is 0. The summed E-state index contributed by atoms with van der Waals surface area (Å²) in [5.41, 5.74) is 0.463. The summed E-state index contributed by atoms with van der Waals surface area (Å²) in [6.07, 6.45) is 4.27. The molecule has 2 radical (unpaired) electrons. The Morgan fingerprint density at radius 3 is 2.60 bits per heavy atom. The van der Waals surface area contributed by atoms with Gasteiger partial charge in [0.15, 0.2) is 5.78 Å². The van der Waals surface area contributed by atoms with Crippen molar-refractivity contribution >= 4 is 13.6 Å². The minimum absolute atomic E-state index is 0.00731. The Kier molecular flexibility index (Phi) is 2.15. The van der Waals surface area contributed by atoms with Gasteiger partial charge in [0.05, 0.1) is 13.4 Å². The van der Waals surface area contributed by atoms with Crippen molar-refractivity contribution in [2.24, 2.45) is 0 Å². The van der Waals surface area contributed by atoms with Crippen LogP contribution in [0.2, 0.25) is 6.32 Å². The molecule has 0 amide bonds. The first-order chi connectivity index (χ1) is 4.84. The fourth-order valence-electron chi connectivity index (χ4n) is 0.561. The summed E-state index contributed by atoms with van der Waals surface area (Å²) in [6, 6.07) is 0. The normalized spacial score (nSPS) is 9.20. The summed E-state index contributed by atoms with van der Waals surface area (Å²) >= 11 is 0. The molecule has 0 aliphatic heterocycles. The van der Waals surface area contributed by atoms with Crippen LogP contribution in [0, 0.1) is 0 Å². The van der Waals surface area contributed by atoms with Crippen molar-refractivity contribution in [1.82, 2.24) is 9.97 Å². The van der Waals surface area contributed by atoms with Gasteiger partial charge < -0.3 is 0 Å². The zero-order valence-electron chi connectivity index (χ0n) is 5.32. The quantitative estimate of drug-likeness (QED) is 0.427. The Labute approximate surface area is 59.9 Å². The van der Waals surface area contributed by atoms with Crippen LogP contribution in [0.5, 0.6) is 0 Å². The molecule has 1 aromatic heterocycles. The predicted octanol–water partition coefficient (Wildman–Crippen LogP) is 0.246. The molecule has 3 nitrogen and oxygen atoms in total. The monoisotopic (exact) mass is 132 g/mol. The first-order valence-electron chi connectivity index (χ1n) is 2.83. The maximum atomic E-state index is 10.8. The van der Waals surface area contributed by atoms with Gasteiger partial charge in [-0.2, -0.15) is 0 Å². The van der Waals surface area contributed by atoms with E-state index in [1.54, 1.807) is 0 Å². The summed E-state index contributed by atoms with van der Waals surface area (Å²) in [7, 11) is 5.10. The smallest absolute Gasteiger partial charge is 0.157 e. The molecular weight excluding hydrogens is 127 g/mol. The molecule has 0 unspecified atom stereocenters. The van der Waals surface area contributed by atoms with Crippen LogP contribution >= 0.6 is 0 Å². The molecule has 0 saturated carbocycles. The third-order valence-corrected chi connectivity index (χ3v) is 1.07. The van der Waals surface area contributed by atoms with E-state index in [1.165, 1.54) is 18.7 Å². The van der Waals surface area contributed by atoms with Gasteiger partial charge in [0.1, 0.15) is 6.33 Å². The largest absolute Gasteiger partial charge is 0.295 e. The van der Waals surface area contributed by atoms with Crippen LogP contribution in [0.1, 0.15) is 10.4 Å². The Morgan fingerprint density at radius 1 is 1.50 bits per heavy atom. The zero-order valence-corrected chi connectivity index (χ0v) is 5.32. The van der Waals surface area contributed by atoms with E-state index in [2.05, 4.69) is 9.97 Å². The van der Waals surface area contributed by atoms with Crippen molar-refractivity contribution in [1.29, 1.82) is 0 Å². The van der Waals surface area contributed by atoms with Crippen LogP contribution in [0.25, 0.3) is 0 Å². The van der Waals surface area contributed by atoms with E-state index in [-0.39, 0.29) is 12.1 Å². The van der Waals surface area contributed by atoms with E-state index in [4.69, 9.17) is 7.85 Å². The lowest BCUT2D eigenvalue weighted by Crippen LogP contribution is -1.98. The third-order valence-electron chi connectivity index (χ3n) is 1.07.